The monoisotopic (exact) mass is 315 g/mol. The first-order chi connectivity index (χ1) is 10.1. The van der Waals surface area contributed by atoms with Crippen LogP contribution in [0.25, 0.3) is 0 Å². The summed E-state index contributed by atoms with van der Waals surface area (Å²) in [6, 6.07) is 0. The molecule has 0 aromatic carbocycles. The number of H-pyrrole nitrogens is 1. The van der Waals surface area contributed by atoms with Crippen molar-refractivity contribution < 1.29 is 14.6 Å². The molecule has 0 unspecified atom stereocenters. The molecule has 1 aromatic rings. The molecule has 0 aliphatic carbocycles. The zero-order valence-corrected chi connectivity index (χ0v) is 12.9. The third kappa shape index (κ3) is 4.37. The molecule has 118 valence electrons. The molecular formula is C13H21N3O4S. The van der Waals surface area contributed by atoms with Gasteiger partial charge >= 0.3 is 10.8 Å². The number of piperazine rings is 1. The molecule has 1 saturated heterocycles. The topological polar surface area (TPSA) is 85.9 Å². The summed E-state index contributed by atoms with van der Waals surface area (Å²) in [6.07, 6.45) is 0. The Hall–Kier alpha value is -1.22. The number of aromatic amines is 1. The van der Waals surface area contributed by atoms with Crippen LogP contribution in [-0.2, 0) is 11.3 Å². The van der Waals surface area contributed by atoms with Gasteiger partial charge in [-0.15, -0.1) is 0 Å². The van der Waals surface area contributed by atoms with Crippen LogP contribution in [0.1, 0.15) is 22.3 Å². The van der Waals surface area contributed by atoms with Gasteiger partial charge < -0.3 is 14.8 Å². The molecule has 0 bridgehead atoms. The lowest BCUT2D eigenvalue weighted by molar-refractivity contribution is 0.0516. The van der Waals surface area contributed by atoms with Crippen molar-refractivity contribution >= 4 is 17.3 Å². The molecule has 0 saturated carbocycles. The average molecular weight is 315 g/mol. The molecule has 0 spiro atoms. The fourth-order valence-corrected chi connectivity index (χ4v) is 3.22. The summed E-state index contributed by atoms with van der Waals surface area (Å²) in [4.78, 5) is 30.8. The van der Waals surface area contributed by atoms with Crippen LogP contribution in [-0.4, -0.2) is 71.8 Å². The Bertz CT molecular complexity index is 520. The van der Waals surface area contributed by atoms with Crippen LogP contribution in [0.15, 0.2) is 4.79 Å². The summed E-state index contributed by atoms with van der Waals surface area (Å²) in [5.74, 6) is -0.468. The van der Waals surface area contributed by atoms with E-state index in [2.05, 4.69) is 14.8 Å². The second-order valence-corrected chi connectivity index (χ2v) is 5.94. The lowest BCUT2D eigenvalue weighted by atomic mass is 10.2. The van der Waals surface area contributed by atoms with Crippen molar-refractivity contribution in [2.75, 3.05) is 45.9 Å². The number of β-amino-alcohol motifs (C(OH)–C–C–N with tert-alkyl or cyclic N) is 1. The van der Waals surface area contributed by atoms with Crippen molar-refractivity contribution in [1.29, 1.82) is 0 Å². The number of rotatable bonds is 6. The quantitative estimate of drug-likeness (QED) is 0.703. The molecule has 1 aromatic heterocycles. The maximum atomic E-state index is 11.8. The largest absolute Gasteiger partial charge is 0.461 e. The van der Waals surface area contributed by atoms with Crippen LogP contribution in [0.5, 0.6) is 0 Å². The van der Waals surface area contributed by atoms with Crippen LogP contribution in [0, 0.1) is 0 Å². The number of aliphatic hydroxyl groups is 1. The van der Waals surface area contributed by atoms with E-state index in [0.717, 1.165) is 42.4 Å². The highest BCUT2D eigenvalue weighted by molar-refractivity contribution is 7.09. The highest BCUT2D eigenvalue weighted by Gasteiger charge is 2.22. The lowest BCUT2D eigenvalue weighted by Gasteiger charge is -2.34. The molecule has 0 radical (unpaired) electrons. The fraction of sp³-hybridized carbons (Fsp3) is 0.692. The van der Waals surface area contributed by atoms with Gasteiger partial charge in [0, 0.05) is 39.3 Å². The van der Waals surface area contributed by atoms with E-state index in [4.69, 9.17) is 9.84 Å². The molecule has 21 heavy (non-hydrogen) atoms. The molecular weight excluding hydrogens is 294 g/mol. The van der Waals surface area contributed by atoms with Crippen LogP contribution in [0.2, 0.25) is 0 Å². The molecule has 2 heterocycles. The van der Waals surface area contributed by atoms with Gasteiger partial charge in [-0.2, -0.15) is 0 Å². The van der Waals surface area contributed by atoms with Gasteiger partial charge in [-0.05, 0) is 6.92 Å². The smallest absolute Gasteiger partial charge is 0.356 e. The molecule has 2 N–H and O–H groups in total. The Balaban J connectivity index is 1.97. The predicted molar refractivity (Wildman–Crippen MR) is 79.7 cm³/mol. The SMILES string of the molecule is CCOC(=O)c1[nH]c(=O)sc1CN1CCN(CCO)CC1. The van der Waals surface area contributed by atoms with Gasteiger partial charge in [0.25, 0.3) is 0 Å². The van der Waals surface area contributed by atoms with E-state index in [1.54, 1.807) is 6.92 Å². The second-order valence-electron chi connectivity index (χ2n) is 4.87. The van der Waals surface area contributed by atoms with Crippen LogP contribution >= 0.6 is 11.3 Å². The zero-order chi connectivity index (χ0) is 15.2. The van der Waals surface area contributed by atoms with Crippen molar-refractivity contribution in [3.8, 4) is 0 Å². The van der Waals surface area contributed by atoms with Crippen molar-refractivity contribution in [2.24, 2.45) is 0 Å². The lowest BCUT2D eigenvalue weighted by Crippen LogP contribution is -2.46. The Morgan fingerprint density at radius 3 is 2.62 bits per heavy atom. The first-order valence-corrected chi connectivity index (χ1v) is 7.90. The molecule has 7 nitrogen and oxygen atoms in total. The van der Waals surface area contributed by atoms with Crippen LogP contribution in [0.4, 0.5) is 0 Å². The number of aliphatic hydroxyl groups excluding tert-OH is 1. The Morgan fingerprint density at radius 2 is 2.00 bits per heavy atom. The number of carbonyl (C=O) groups is 1. The summed E-state index contributed by atoms with van der Waals surface area (Å²) < 4.78 is 4.96. The van der Waals surface area contributed by atoms with Gasteiger partial charge in [-0.1, -0.05) is 11.3 Å². The number of hydrogen-bond acceptors (Lipinski definition) is 7. The minimum absolute atomic E-state index is 0.173. The number of hydrogen-bond donors (Lipinski definition) is 2. The molecule has 8 heteroatoms. The number of aromatic nitrogens is 1. The first kappa shape index (κ1) is 16.2. The van der Waals surface area contributed by atoms with Gasteiger partial charge in [0.1, 0.15) is 5.69 Å². The summed E-state index contributed by atoms with van der Waals surface area (Å²) in [6.45, 7) is 6.95. The number of esters is 1. The third-order valence-corrected chi connectivity index (χ3v) is 4.32. The zero-order valence-electron chi connectivity index (χ0n) is 12.1. The maximum Gasteiger partial charge on any atom is 0.356 e. The maximum absolute atomic E-state index is 11.8. The fourth-order valence-electron chi connectivity index (χ4n) is 2.36. The predicted octanol–water partition coefficient (Wildman–Crippen LogP) is -0.277. The summed E-state index contributed by atoms with van der Waals surface area (Å²) in [5.41, 5.74) is 0.282. The van der Waals surface area contributed by atoms with Gasteiger partial charge in [0.05, 0.1) is 18.1 Å². The Morgan fingerprint density at radius 1 is 1.33 bits per heavy atom. The molecule has 1 aliphatic rings. The van der Waals surface area contributed by atoms with Gasteiger partial charge in [0.15, 0.2) is 0 Å². The second kappa shape index (κ2) is 7.69. The summed E-state index contributed by atoms with van der Waals surface area (Å²) in [5, 5.41) is 8.93. The molecule has 0 atom stereocenters. The number of nitrogens with one attached hydrogen (secondary N) is 1. The van der Waals surface area contributed by atoms with Gasteiger partial charge in [0.2, 0.25) is 0 Å². The van der Waals surface area contributed by atoms with E-state index in [9.17, 15) is 9.59 Å². The van der Waals surface area contributed by atoms with E-state index in [-0.39, 0.29) is 23.8 Å². The Kier molecular flexibility index (Phi) is 5.92. The minimum atomic E-state index is -0.468. The van der Waals surface area contributed by atoms with Gasteiger partial charge in [-0.25, -0.2) is 4.79 Å². The van der Waals surface area contributed by atoms with Crippen LogP contribution < -0.4 is 4.87 Å². The van der Waals surface area contributed by atoms with E-state index in [1.807, 2.05) is 0 Å². The van der Waals surface area contributed by atoms with E-state index < -0.39 is 5.97 Å². The Labute approximate surface area is 127 Å². The van der Waals surface area contributed by atoms with Gasteiger partial charge in [-0.3, -0.25) is 14.6 Å². The highest BCUT2D eigenvalue weighted by Crippen LogP contribution is 2.15. The average Bonchev–Trinajstić information content (AvgIpc) is 2.82. The normalized spacial score (nSPS) is 17.0. The molecule has 2 rings (SSSR count). The standard InChI is InChI=1S/C13H21N3O4S/c1-2-20-12(18)11-10(21-13(19)14-11)9-16-5-3-15(4-6-16)7-8-17/h17H,2-9H2,1H3,(H,14,19). The third-order valence-electron chi connectivity index (χ3n) is 3.45. The van der Waals surface area contributed by atoms with Crippen molar-refractivity contribution in [3.63, 3.8) is 0 Å². The molecule has 0 amide bonds. The summed E-state index contributed by atoms with van der Waals surface area (Å²) in [7, 11) is 0. The highest BCUT2D eigenvalue weighted by atomic mass is 32.1. The van der Waals surface area contributed by atoms with Crippen molar-refractivity contribution in [1.82, 2.24) is 14.8 Å². The number of nitrogens with zero attached hydrogens (tertiary/aromatic N) is 2. The first-order valence-electron chi connectivity index (χ1n) is 7.08. The number of ether oxygens (including phenoxy) is 1. The van der Waals surface area contributed by atoms with E-state index >= 15 is 0 Å². The molecule has 1 aliphatic heterocycles. The van der Waals surface area contributed by atoms with E-state index in [0.29, 0.717) is 13.1 Å². The molecule has 1 fully saturated rings. The van der Waals surface area contributed by atoms with Crippen molar-refractivity contribution in [2.45, 2.75) is 13.5 Å². The van der Waals surface area contributed by atoms with E-state index in [1.165, 1.54) is 0 Å². The number of thiazole rings is 1. The van der Waals surface area contributed by atoms with Crippen LogP contribution in [0.3, 0.4) is 0 Å². The summed E-state index contributed by atoms with van der Waals surface area (Å²) >= 11 is 1.07. The van der Waals surface area contributed by atoms with Crippen molar-refractivity contribution in [3.05, 3.63) is 20.2 Å². The number of carbonyl (C=O) groups excluding carboxylic acids is 1. The minimum Gasteiger partial charge on any atom is -0.461 e.